The summed E-state index contributed by atoms with van der Waals surface area (Å²) in [7, 11) is 1.41. The zero-order chi connectivity index (χ0) is 22.9. The number of hydrogen-bond acceptors (Lipinski definition) is 6. The lowest BCUT2D eigenvalue weighted by molar-refractivity contribution is -0.870. The summed E-state index contributed by atoms with van der Waals surface area (Å²) < 4.78 is 21.9. The number of nitrogens with zero attached hydrogens (tertiary/aromatic N) is 1. The molecule has 0 heterocycles. The van der Waals surface area contributed by atoms with Crippen molar-refractivity contribution in [2.45, 2.75) is 89.7 Å². The molecule has 0 saturated heterocycles. The molecule has 0 aromatic carbocycles. The highest BCUT2D eigenvalue weighted by Crippen LogP contribution is 2.38. The lowest BCUT2D eigenvalue weighted by Gasteiger charge is -2.28. The number of rotatable bonds is 20. The summed E-state index contributed by atoms with van der Waals surface area (Å²) >= 11 is 0. The van der Waals surface area contributed by atoms with Crippen molar-refractivity contribution >= 4 is 7.82 Å². The zero-order valence-corrected chi connectivity index (χ0v) is 20.7. The van der Waals surface area contributed by atoms with Gasteiger partial charge in [-0.15, -0.1) is 0 Å². The molecule has 0 aromatic rings. The van der Waals surface area contributed by atoms with Crippen molar-refractivity contribution in [1.29, 1.82) is 0 Å². The minimum absolute atomic E-state index is 0.0425. The average molecular weight is 451 g/mol. The standard InChI is InChI=1S/C22H47N2O5P/c1-5-6-7-8-9-10-11-12-13-14-15-16-17-22(25)21(23)20-29-30(26,27)28-19-18-24(2,3)4/h16-17,21-22,25H,5-15,18-20,23H2,1-4H3/b17-16+. The van der Waals surface area contributed by atoms with E-state index in [1.165, 1.54) is 57.8 Å². The van der Waals surface area contributed by atoms with E-state index in [-0.39, 0.29) is 13.2 Å². The van der Waals surface area contributed by atoms with Crippen molar-refractivity contribution < 1.29 is 28.1 Å². The molecule has 0 fully saturated rings. The number of phosphoric acid groups is 1. The smallest absolute Gasteiger partial charge is 0.268 e. The summed E-state index contributed by atoms with van der Waals surface area (Å²) in [6.07, 6.45) is 16.4. The van der Waals surface area contributed by atoms with Gasteiger partial charge in [-0.05, 0) is 12.8 Å². The third-order valence-corrected chi connectivity index (χ3v) is 5.90. The largest absolute Gasteiger partial charge is 0.756 e. The van der Waals surface area contributed by atoms with Crippen LogP contribution in [-0.2, 0) is 13.6 Å². The summed E-state index contributed by atoms with van der Waals surface area (Å²) in [5.74, 6) is 0. The number of aliphatic hydroxyl groups is 1. The Balaban J connectivity index is 3.77. The van der Waals surface area contributed by atoms with E-state index in [1.54, 1.807) is 6.08 Å². The number of phosphoric ester groups is 1. The van der Waals surface area contributed by atoms with Crippen molar-refractivity contribution in [3.63, 3.8) is 0 Å². The van der Waals surface area contributed by atoms with Crippen LogP contribution in [0.2, 0.25) is 0 Å². The first-order valence-corrected chi connectivity index (χ1v) is 13.0. The fourth-order valence-electron chi connectivity index (χ4n) is 2.87. The van der Waals surface area contributed by atoms with Crippen LogP contribution in [0, 0.1) is 0 Å². The number of aliphatic hydroxyl groups excluding tert-OH is 1. The second-order valence-electron chi connectivity index (χ2n) is 9.14. The van der Waals surface area contributed by atoms with Crippen LogP contribution >= 0.6 is 7.82 Å². The topological polar surface area (TPSA) is 105 Å². The van der Waals surface area contributed by atoms with Crippen LogP contribution in [0.3, 0.4) is 0 Å². The van der Waals surface area contributed by atoms with E-state index >= 15 is 0 Å². The van der Waals surface area contributed by atoms with Crippen LogP contribution < -0.4 is 10.6 Å². The first-order valence-electron chi connectivity index (χ1n) is 11.6. The van der Waals surface area contributed by atoms with E-state index in [2.05, 4.69) is 6.92 Å². The minimum atomic E-state index is -4.41. The van der Waals surface area contributed by atoms with Gasteiger partial charge in [0.25, 0.3) is 7.82 Å². The van der Waals surface area contributed by atoms with Crippen LogP contribution in [0.1, 0.15) is 77.6 Å². The second kappa shape index (κ2) is 17.3. The SMILES string of the molecule is CCCCCCCCCCCC/C=C/C(O)C(N)COP(=O)([O-])OCC[N+](C)(C)C. The third-order valence-electron chi connectivity index (χ3n) is 4.93. The Morgan fingerprint density at radius 1 is 1.00 bits per heavy atom. The van der Waals surface area contributed by atoms with Gasteiger partial charge in [0.1, 0.15) is 13.2 Å². The quantitative estimate of drug-likeness (QED) is 0.127. The first-order chi connectivity index (χ1) is 14.1. The summed E-state index contributed by atoms with van der Waals surface area (Å²) in [5.41, 5.74) is 5.82. The van der Waals surface area contributed by atoms with Crippen LogP contribution in [-0.4, -0.2) is 62.6 Å². The van der Waals surface area contributed by atoms with Gasteiger partial charge in [0.05, 0.1) is 39.9 Å². The van der Waals surface area contributed by atoms with Gasteiger partial charge in [0.2, 0.25) is 0 Å². The molecule has 0 bridgehead atoms. The Bertz CT molecular complexity index is 483. The molecule has 0 saturated carbocycles. The van der Waals surface area contributed by atoms with E-state index in [1.807, 2.05) is 27.2 Å². The monoisotopic (exact) mass is 450 g/mol. The fourth-order valence-corrected chi connectivity index (χ4v) is 3.60. The fraction of sp³-hybridized carbons (Fsp3) is 0.909. The molecular formula is C22H47N2O5P. The summed E-state index contributed by atoms with van der Waals surface area (Å²) in [4.78, 5) is 11.7. The molecule has 7 nitrogen and oxygen atoms in total. The minimum Gasteiger partial charge on any atom is -0.756 e. The predicted octanol–water partition coefficient (Wildman–Crippen LogP) is 3.75. The van der Waals surface area contributed by atoms with Crippen LogP contribution in [0.5, 0.6) is 0 Å². The highest BCUT2D eigenvalue weighted by molar-refractivity contribution is 7.45. The highest BCUT2D eigenvalue weighted by Gasteiger charge is 2.18. The molecule has 3 N–H and O–H groups in total. The Kier molecular flexibility index (Phi) is 17.1. The molecule has 0 rings (SSSR count). The van der Waals surface area contributed by atoms with Gasteiger partial charge >= 0.3 is 0 Å². The number of likely N-dealkylation sites (N-methyl/N-ethyl adjacent to an activating group) is 1. The van der Waals surface area contributed by atoms with Crippen molar-refractivity contribution in [3.05, 3.63) is 12.2 Å². The Morgan fingerprint density at radius 3 is 2.07 bits per heavy atom. The molecule has 8 heteroatoms. The molecule has 0 aliphatic heterocycles. The number of quaternary nitrogens is 1. The van der Waals surface area contributed by atoms with Gasteiger partial charge in [0, 0.05) is 0 Å². The molecule has 0 aliphatic rings. The summed E-state index contributed by atoms with van der Waals surface area (Å²) in [6, 6.07) is -0.821. The normalized spacial score (nSPS) is 16.6. The van der Waals surface area contributed by atoms with E-state index in [0.29, 0.717) is 11.0 Å². The van der Waals surface area contributed by atoms with Crippen LogP contribution in [0.25, 0.3) is 0 Å². The van der Waals surface area contributed by atoms with Gasteiger partial charge in [-0.25, -0.2) is 0 Å². The summed E-state index contributed by atoms with van der Waals surface area (Å²) in [6.45, 7) is 2.51. The molecule has 0 amide bonds. The third kappa shape index (κ3) is 19.7. The van der Waals surface area contributed by atoms with Gasteiger partial charge < -0.3 is 29.3 Å². The first kappa shape index (κ1) is 29.7. The van der Waals surface area contributed by atoms with Gasteiger partial charge in [0.15, 0.2) is 0 Å². The molecule has 0 radical (unpaired) electrons. The Labute approximate surface area is 184 Å². The van der Waals surface area contributed by atoms with Crippen LogP contribution in [0.15, 0.2) is 12.2 Å². The van der Waals surface area contributed by atoms with E-state index in [0.717, 1.165) is 12.8 Å². The summed E-state index contributed by atoms with van der Waals surface area (Å²) in [5, 5.41) is 10.0. The number of nitrogens with two attached hydrogens (primary N) is 1. The lowest BCUT2D eigenvalue weighted by Crippen LogP contribution is -2.39. The van der Waals surface area contributed by atoms with Crippen LogP contribution in [0.4, 0.5) is 0 Å². The Hall–Kier alpha value is -0.270. The number of unbranched alkanes of at least 4 members (excludes halogenated alkanes) is 10. The van der Waals surface area contributed by atoms with E-state index in [4.69, 9.17) is 14.8 Å². The van der Waals surface area contributed by atoms with Gasteiger partial charge in [-0.2, -0.15) is 0 Å². The zero-order valence-electron chi connectivity index (χ0n) is 19.8. The van der Waals surface area contributed by atoms with Gasteiger partial charge in [-0.1, -0.05) is 76.9 Å². The number of hydrogen-bond donors (Lipinski definition) is 2. The highest BCUT2D eigenvalue weighted by atomic mass is 31.2. The molecule has 0 aromatic heterocycles. The predicted molar refractivity (Wildman–Crippen MR) is 122 cm³/mol. The molecule has 30 heavy (non-hydrogen) atoms. The maximum atomic E-state index is 11.7. The van der Waals surface area contributed by atoms with E-state index < -0.39 is 20.0 Å². The van der Waals surface area contributed by atoms with Crippen molar-refractivity contribution in [1.82, 2.24) is 0 Å². The molecule has 0 spiro atoms. The Morgan fingerprint density at radius 2 is 1.53 bits per heavy atom. The molecule has 180 valence electrons. The molecular weight excluding hydrogens is 403 g/mol. The maximum absolute atomic E-state index is 11.7. The number of allylic oxidation sites excluding steroid dienone is 1. The molecule has 3 atom stereocenters. The second-order valence-corrected chi connectivity index (χ2v) is 10.6. The van der Waals surface area contributed by atoms with E-state index in [9.17, 15) is 14.6 Å². The van der Waals surface area contributed by atoms with Crippen molar-refractivity contribution in [2.75, 3.05) is 40.9 Å². The van der Waals surface area contributed by atoms with Crippen molar-refractivity contribution in [2.24, 2.45) is 5.73 Å². The van der Waals surface area contributed by atoms with Crippen molar-refractivity contribution in [3.8, 4) is 0 Å². The average Bonchev–Trinajstić information content (AvgIpc) is 2.65. The molecule has 0 aliphatic carbocycles. The maximum Gasteiger partial charge on any atom is 0.268 e. The van der Waals surface area contributed by atoms with Gasteiger partial charge in [-0.3, -0.25) is 4.57 Å². The molecule has 3 unspecified atom stereocenters. The lowest BCUT2D eigenvalue weighted by atomic mass is 10.1.